The topological polar surface area (TPSA) is 103 Å². The van der Waals surface area contributed by atoms with Crippen molar-refractivity contribution in [3.8, 4) is 16.5 Å². The molecule has 2 fully saturated rings. The molecule has 0 spiro atoms. The molecule has 1 aliphatic heterocycles. The molecular formula is C26H27F3N8O2S. The third-order valence-electron chi connectivity index (χ3n) is 7.35. The molecule has 1 aliphatic carbocycles. The van der Waals surface area contributed by atoms with Crippen molar-refractivity contribution >= 4 is 28.7 Å². The Bertz CT molecular complexity index is 1550. The highest BCUT2D eigenvalue weighted by molar-refractivity contribution is 7.13. The number of imidazole rings is 2. The third kappa shape index (κ3) is 4.96. The van der Waals surface area contributed by atoms with Crippen molar-refractivity contribution in [1.82, 2.24) is 29.1 Å². The Morgan fingerprint density at radius 3 is 2.70 bits per heavy atom. The quantitative estimate of drug-likeness (QED) is 0.315. The number of carbonyl (C=O) groups excluding carboxylic acids is 1. The molecule has 4 aromatic heterocycles. The van der Waals surface area contributed by atoms with Gasteiger partial charge in [-0.15, -0.1) is 11.3 Å². The fourth-order valence-electron chi connectivity index (χ4n) is 4.70. The van der Waals surface area contributed by atoms with Gasteiger partial charge >= 0.3 is 6.18 Å². The van der Waals surface area contributed by atoms with E-state index in [-0.39, 0.29) is 27.9 Å². The summed E-state index contributed by atoms with van der Waals surface area (Å²) in [4.78, 5) is 32.7. The number of methoxy groups -OCH3 is 1. The number of rotatable bonds is 8. The first-order chi connectivity index (χ1) is 19.0. The van der Waals surface area contributed by atoms with Gasteiger partial charge in [-0.3, -0.25) is 4.79 Å². The van der Waals surface area contributed by atoms with Crippen LogP contribution in [-0.2, 0) is 4.74 Å². The molecule has 6 rings (SSSR count). The minimum Gasteiger partial charge on any atom is -0.375 e. The van der Waals surface area contributed by atoms with Crippen LogP contribution in [0.15, 0.2) is 42.6 Å². The lowest BCUT2D eigenvalue weighted by molar-refractivity contribution is -0.162. The van der Waals surface area contributed by atoms with Crippen molar-refractivity contribution in [1.29, 1.82) is 0 Å². The van der Waals surface area contributed by atoms with E-state index in [1.807, 2.05) is 17.7 Å². The smallest absolute Gasteiger partial charge is 0.375 e. The molecule has 40 heavy (non-hydrogen) atoms. The summed E-state index contributed by atoms with van der Waals surface area (Å²) in [6.07, 6.45) is 5.77. The lowest BCUT2D eigenvalue weighted by Gasteiger charge is -2.48. The second-order valence-corrected chi connectivity index (χ2v) is 11.3. The molecule has 1 saturated carbocycles. The Morgan fingerprint density at radius 1 is 1.23 bits per heavy atom. The van der Waals surface area contributed by atoms with Gasteiger partial charge in [-0.25, -0.2) is 19.9 Å². The second-order valence-electron chi connectivity index (χ2n) is 10.4. The molecule has 0 unspecified atom stereocenters. The summed E-state index contributed by atoms with van der Waals surface area (Å²) in [5.74, 6) is 0.251. The Kier molecular flexibility index (Phi) is 6.41. The molecule has 1 N–H and O–H groups in total. The highest BCUT2D eigenvalue weighted by Crippen LogP contribution is 2.40. The summed E-state index contributed by atoms with van der Waals surface area (Å²) in [6, 6.07) is -0.0684. The van der Waals surface area contributed by atoms with Crippen molar-refractivity contribution in [3.63, 3.8) is 0 Å². The third-order valence-corrected chi connectivity index (χ3v) is 8.19. The largest absolute Gasteiger partial charge is 0.408 e. The van der Waals surface area contributed by atoms with E-state index in [1.165, 1.54) is 12.4 Å². The standard InChI is InChI=1S/C26H27F3N8O2S/c1-15(26(27,28)29)37-7-6-30-22(37)24-34-21(11-40-24)33-23(38)17-8-19(35-10-18(32-14-35)16-4-5-16)20(9-31-17)36-12-25(2,13-36)39-3/h6-11,14-16H,4-5,12-13H2,1-3H3,(H,33,38)/t15-/m0/s1. The predicted octanol–water partition coefficient (Wildman–Crippen LogP) is 5.07. The second kappa shape index (κ2) is 9.70. The summed E-state index contributed by atoms with van der Waals surface area (Å²) >= 11 is 1.09. The van der Waals surface area contributed by atoms with Gasteiger partial charge in [-0.2, -0.15) is 13.2 Å². The zero-order valence-electron chi connectivity index (χ0n) is 22.0. The van der Waals surface area contributed by atoms with Gasteiger partial charge in [0, 0.05) is 50.1 Å². The van der Waals surface area contributed by atoms with Gasteiger partial charge in [0.05, 0.1) is 35.2 Å². The van der Waals surface area contributed by atoms with E-state index in [9.17, 15) is 18.0 Å². The Hall–Kier alpha value is -3.78. The number of nitrogens with zero attached hydrogens (tertiary/aromatic N) is 7. The zero-order valence-corrected chi connectivity index (χ0v) is 22.8. The minimum absolute atomic E-state index is 0.0734. The highest BCUT2D eigenvalue weighted by Gasteiger charge is 2.41. The lowest BCUT2D eigenvalue weighted by Crippen LogP contribution is -2.61. The number of ether oxygens (including phenoxy) is 1. The van der Waals surface area contributed by atoms with Gasteiger partial charge < -0.3 is 24.1 Å². The molecule has 210 valence electrons. The van der Waals surface area contributed by atoms with Crippen LogP contribution in [0.5, 0.6) is 0 Å². The SMILES string of the molecule is COC1(C)CN(c2cnc(C(=O)Nc3csc(-c4nccn4[C@@H](C)C(F)(F)F)n3)cc2-n2cnc(C3CC3)c2)C1. The molecule has 10 nitrogen and oxygen atoms in total. The van der Waals surface area contributed by atoms with Gasteiger partial charge in [0.15, 0.2) is 10.8 Å². The van der Waals surface area contributed by atoms with Crippen LogP contribution in [0, 0.1) is 0 Å². The van der Waals surface area contributed by atoms with Gasteiger partial charge in [-0.05, 0) is 32.8 Å². The van der Waals surface area contributed by atoms with Crippen LogP contribution in [0.3, 0.4) is 0 Å². The van der Waals surface area contributed by atoms with E-state index in [2.05, 4.69) is 30.2 Å². The minimum atomic E-state index is -4.44. The molecule has 0 radical (unpaired) electrons. The van der Waals surface area contributed by atoms with Crippen molar-refractivity contribution < 1.29 is 22.7 Å². The number of halogens is 3. The monoisotopic (exact) mass is 572 g/mol. The number of alkyl halides is 3. The summed E-state index contributed by atoms with van der Waals surface area (Å²) in [5.41, 5.74) is 2.55. The normalized spacial score (nSPS) is 17.5. The van der Waals surface area contributed by atoms with E-state index >= 15 is 0 Å². The molecule has 5 heterocycles. The first-order valence-electron chi connectivity index (χ1n) is 12.8. The summed E-state index contributed by atoms with van der Waals surface area (Å²) in [6.45, 7) is 4.45. The number of pyridine rings is 1. The number of hydrogen-bond acceptors (Lipinski definition) is 8. The van der Waals surface area contributed by atoms with Crippen LogP contribution < -0.4 is 10.2 Å². The van der Waals surface area contributed by atoms with Crippen LogP contribution >= 0.6 is 11.3 Å². The molecule has 4 aromatic rings. The van der Waals surface area contributed by atoms with E-state index in [0.29, 0.717) is 19.0 Å². The molecule has 1 saturated heterocycles. The summed E-state index contributed by atoms with van der Waals surface area (Å²) in [5, 5.41) is 4.52. The summed E-state index contributed by atoms with van der Waals surface area (Å²) in [7, 11) is 1.69. The number of amides is 1. The first-order valence-corrected chi connectivity index (χ1v) is 13.6. The van der Waals surface area contributed by atoms with Gasteiger partial charge in [0.2, 0.25) is 0 Å². The van der Waals surface area contributed by atoms with Crippen molar-refractivity contribution in [2.75, 3.05) is 30.4 Å². The van der Waals surface area contributed by atoms with Crippen LogP contribution in [0.1, 0.15) is 54.8 Å². The Labute approximate surface area is 231 Å². The van der Waals surface area contributed by atoms with E-state index in [0.717, 1.165) is 52.7 Å². The maximum absolute atomic E-state index is 13.3. The van der Waals surface area contributed by atoms with E-state index in [1.54, 1.807) is 31.1 Å². The van der Waals surface area contributed by atoms with Crippen molar-refractivity contribution in [2.45, 2.75) is 50.4 Å². The number of aromatic nitrogens is 6. The highest BCUT2D eigenvalue weighted by atomic mass is 32.1. The number of hydrogen-bond donors (Lipinski definition) is 1. The maximum Gasteiger partial charge on any atom is 0.408 e. The van der Waals surface area contributed by atoms with E-state index < -0.39 is 18.1 Å². The molecule has 1 amide bonds. The molecule has 1 atom stereocenters. The summed E-state index contributed by atoms with van der Waals surface area (Å²) < 4.78 is 48.4. The Balaban J connectivity index is 1.25. The number of thiazole rings is 1. The average molecular weight is 573 g/mol. The predicted molar refractivity (Wildman–Crippen MR) is 143 cm³/mol. The van der Waals surface area contributed by atoms with Crippen molar-refractivity contribution in [2.24, 2.45) is 0 Å². The van der Waals surface area contributed by atoms with Gasteiger partial charge in [-0.1, -0.05) is 0 Å². The molecular weight excluding hydrogens is 545 g/mol. The van der Waals surface area contributed by atoms with Gasteiger partial charge in [0.1, 0.15) is 17.6 Å². The average Bonchev–Trinajstić information content (AvgIpc) is 3.28. The fraction of sp³-hybridized carbons (Fsp3) is 0.423. The molecule has 0 bridgehead atoms. The fourth-order valence-corrected chi connectivity index (χ4v) is 5.45. The van der Waals surface area contributed by atoms with Crippen LogP contribution in [0.2, 0.25) is 0 Å². The lowest BCUT2D eigenvalue weighted by atomic mass is 9.95. The molecule has 2 aliphatic rings. The van der Waals surface area contributed by atoms with E-state index in [4.69, 9.17) is 4.74 Å². The number of carbonyl (C=O) groups is 1. The molecule has 0 aromatic carbocycles. The maximum atomic E-state index is 13.3. The van der Waals surface area contributed by atoms with Crippen LogP contribution in [0.4, 0.5) is 24.7 Å². The Morgan fingerprint density at radius 2 is 2.00 bits per heavy atom. The molecule has 14 heteroatoms. The number of anilines is 2. The number of nitrogens with one attached hydrogen (secondary N) is 1. The van der Waals surface area contributed by atoms with Gasteiger partial charge in [0.25, 0.3) is 5.91 Å². The van der Waals surface area contributed by atoms with Crippen molar-refractivity contribution in [3.05, 3.63) is 53.9 Å². The zero-order chi connectivity index (χ0) is 28.2. The first kappa shape index (κ1) is 26.4. The van der Waals surface area contributed by atoms with Crippen LogP contribution in [0.25, 0.3) is 16.5 Å². The van der Waals surface area contributed by atoms with Crippen LogP contribution in [-0.4, -0.2) is 67.0 Å².